The molecule has 0 atom stereocenters. The molecule has 0 radical (unpaired) electrons. The Morgan fingerprint density at radius 2 is 1.88 bits per heavy atom. The second-order valence-corrected chi connectivity index (χ2v) is 6.86. The van der Waals surface area contributed by atoms with Crippen LogP contribution in [0.4, 0.5) is 5.69 Å². The summed E-state index contributed by atoms with van der Waals surface area (Å²) >= 11 is 13.1. The number of nitrogens with zero attached hydrogens (tertiary/aromatic N) is 2. The number of carbonyl (C=O) groups excluding carboxylic acids is 2. The van der Waals surface area contributed by atoms with Crippen LogP contribution >= 0.6 is 35.0 Å². The van der Waals surface area contributed by atoms with Crippen LogP contribution in [0, 0.1) is 11.3 Å². The quantitative estimate of drug-likeness (QED) is 0.390. The van der Waals surface area contributed by atoms with Crippen LogP contribution < -0.4 is 4.90 Å². The molecular formula is C18H14Cl2N2O3S. The summed E-state index contributed by atoms with van der Waals surface area (Å²) in [6, 6.07) is 15.6. The van der Waals surface area contributed by atoms with E-state index in [1.54, 1.807) is 48.5 Å². The first-order chi connectivity index (χ1) is 12.5. The maximum Gasteiger partial charge on any atom is 0.316 e. The van der Waals surface area contributed by atoms with Crippen LogP contribution in [0.2, 0.25) is 10.0 Å². The summed E-state index contributed by atoms with van der Waals surface area (Å²) in [5, 5.41) is 9.89. The first-order valence-corrected chi connectivity index (χ1v) is 9.21. The molecular weight excluding hydrogens is 395 g/mol. The number of amides is 1. The third-order valence-electron chi connectivity index (χ3n) is 3.19. The third-order valence-corrected chi connectivity index (χ3v) is 4.90. The Kier molecular flexibility index (Phi) is 7.79. The maximum atomic E-state index is 12.3. The largest absolute Gasteiger partial charge is 0.455 e. The van der Waals surface area contributed by atoms with E-state index in [0.29, 0.717) is 20.6 Å². The molecule has 1 amide bonds. The summed E-state index contributed by atoms with van der Waals surface area (Å²) in [4.78, 5) is 26.1. The molecule has 0 saturated carbocycles. The molecule has 0 saturated heterocycles. The van der Waals surface area contributed by atoms with Crippen molar-refractivity contribution in [2.45, 2.75) is 4.90 Å². The van der Waals surface area contributed by atoms with Crippen molar-refractivity contribution in [3.05, 3.63) is 58.6 Å². The number of nitriles is 1. The van der Waals surface area contributed by atoms with Gasteiger partial charge in [-0.1, -0.05) is 41.4 Å². The molecule has 8 heteroatoms. The average molecular weight is 409 g/mol. The minimum Gasteiger partial charge on any atom is -0.455 e. The van der Waals surface area contributed by atoms with Gasteiger partial charge in [-0.2, -0.15) is 5.26 Å². The van der Waals surface area contributed by atoms with Crippen LogP contribution in [0.3, 0.4) is 0 Å². The number of ether oxygens (including phenoxy) is 1. The predicted molar refractivity (Wildman–Crippen MR) is 103 cm³/mol. The lowest BCUT2D eigenvalue weighted by atomic mass is 10.3. The lowest BCUT2D eigenvalue weighted by Crippen LogP contribution is -2.35. The molecule has 0 aliphatic carbocycles. The Labute approximate surface area is 165 Å². The highest BCUT2D eigenvalue weighted by Crippen LogP contribution is 2.29. The van der Waals surface area contributed by atoms with Crippen LogP contribution in [0.25, 0.3) is 0 Å². The molecule has 0 bridgehead atoms. The van der Waals surface area contributed by atoms with Gasteiger partial charge in [-0.05, 0) is 30.3 Å². The number of carbonyl (C=O) groups is 2. The number of hydrogen-bond acceptors (Lipinski definition) is 5. The zero-order chi connectivity index (χ0) is 18.9. The van der Waals surface area contributed by atoms with Gasteiger partial charge in [-0.3, -0.25) is 14.5 Å². The van der Waals surface area contributed by atoms with E-state index < -0.39 is 18.5 Å². The van der Waals surface area contributed by atoms with Gasteiger partial charge in [0.25, 0.3) is 5.91 Å². The van der Waals surface area contributed by atoms with E-state index in [1.165, 1.54) is 16.7 Å². The fraction of sp³-hybridized carbons (Fsp3) is 0.167. The molecule has 2 aromatic carbocycles. The second-order valence-electron chi connectivity index (χ2n) is 5.00. The van der Waals surface area contributed by atoms with Crippen LogP contribution in [0.15, 0.2) is 53.4 Å². The van der Waals surface area contributed by atoms with Crippen molar-refractivity contribution in [1.29, 1.82) is 5.26 Å². The summed E-state index contributed by atoms with van der Waals surface area (Å²) in [7, 11) is 0. The van der Waals surface area contributed by atoms with Gasteiger partial charge < -0.3 is 4.74 Å². The molecule has 0 N–H and O–H groups in total. The summed E-state index contributed by atoms with van der Waals surface area (Å²) in [5.41, 5.74) is 0.565. The third kappa shape index (κ3) is 5.95. The van der Waals surface area contributed by atoms with Crippen LogP contribution in [0.5, 0.6) is 0 Å². The van der Waals surface area contributed by atoms with Crippen molar-refractivity contribution in [3.8, 4) is 6.07 Å². The number of halogens is 2. The fourth-order valence-corrected chi connectivity index (χ4v) is 3.28. The van der Waals surface area contributed by atoms with Crippen LogP contribution in [-0.4, -0.2) is 30.8 Å². The standard InChI is InChI=1S/C18H14Cl2N2O3S/c19-13-6-7-15(20)16(10-13)26-12-18(24)25-11-17(23)22(9-8-21)14-4-2-1-3-5-14/h1-7,10H,9,11-12H2. The Morgan fingerprint density at radius 3 is 2.58 bits per heavy atom. The summed E-state index contributed by atoms with van der Waals surface area (Å²) in [6.45, 7) is -0.577. The van der Waals surface area contributed by atoms with Gasteiger partial charge in [0.05, 0.1) is 16.8 Å². The molecule has 2 rings (SSSR count). The molecule has 5 nitrogen and oxygen atoms in total. The fourth-order valence-electron chi connectivity index (χ4n) is 1.99. The second kappa shape index (κ2) is 10.1. The van der Waals surface area contributed by atoms with Crippen molar-refractivity contribution in [2.75, 3.05) is 23.8 Å². The first-order valence-electron chi connectivity index (χ1n) is 7.47. The highest BCUT2D eigenvalue weighted by atomic mass is 35.5. The molecule has 134 valence electrons. The molecule has 0 unspecified atom stereocenters. The Morgan fingerprint density at radius 1 is 1.15 bits per heavy atom. The highest BCUT2D eigenvalue weighted by molar-refractivity contribution is 8.00. The number of hydrogen-bond donors (Lipinski definition) is 0. The zero-order valence-electron chi connectivity index (χ0n) is 13.5. The van der Waals surface area contributed by atoms with Gasteiger partial charge in [-0.25, -0.2) is 0 Å². The average Bonchev–Trinajstić information content (AvgIpc) is 2.65. The van der Waals surface area contributed by atoms with E-state index in [1.807, 2.05) is 6.07 Å². The van der Waals surface area contributed by atoms with E-state index in [0.717, 1.165) is 0 Å². The van der Waals surface area contributed by atoms with E-state index in [9.17, 15) is 9.59 Å². The first kappa shape index (κ1) is 20.1. The molecule has 0 aliphatic rings. The van der Waals surface area contributed by atoms with Gasteiger partial charge in [0, 0.05) is 15.6 Å². The molecule has 0 fully saturated rings. The van der Waals surface area contributed by atoms with Crippen molar-refractivity contribution >= 4 is 52.5 Å². The smallest absolute Gasteiger partial charge is 0.316 e. The van der Waals surface area contributed by atoms with E-state index in [-0.39, 0.29) is 12.3 Å². The summed E-state index contributed by atoms with van der Waals surface area (Å²) < 4.78 is 5.01. The van der Waals surface area contributed by atoms with Gasteiger partial charge in [-0.15, -0.1) is 11.8 Å². The molecule has 0 aliphatic heterocycles. The Balaban J connectivity index is 1.88. The van der Waals surface area contributed by atoms with Gasteiger partial charge in [0.2, 0.25) is 0 Å². The monoisotopic (exact) mass is 408 g/mol. The number of rotatable bonds is 7. The highest BCUT2D eigenvalue weighted by Gasteiger charge is 2.17. The van der Waals surface area contributed by atoms with Gasteiger partial charge >= 0.3 is 5.97 Å². The number of esters is 1. The summed E-state index contributed by atoms with van der Waals surface area (Å²) in [6.07, 6.45) is 0. The normalized spacial score (nSPS) is 10.0. The minimum atomic E-state index is -0.565. The Hall–Kier alpha value is -2.20. The lowest BCUT2D eigenvalue weighted by Gasteiger charge is -2.19. The number of para-hydroxylation sites is 1. The molecule has 0 aromatic heterocycles. The molecule has 0 heterocycles. The van der Waals surface area contributed by atoms with Crippen molar-refractivity contribution in [3.63, 3.8) is 0 Å². The molecule has 0 spiro atoms. The number of thioether (sulfide) groups is 1. The SMILES string of the molecule is N#CCN(C(=O)COC(=O)CSc1cc(Cl)ccc1Cl)c1ccccc1. The maximum absolute atomic E-state index is 12.3. The summed E-state index contributed by atoms with van der Waals surface area (Å²) in [5.74, 6) is -1.06. The predicted octanol–water partition coefficient (Wildman–Crippen LogP) is 4.19. The van der Waals surface area contributed by atoms with Gasteiger partial charge in [0.15, 0.2) is 6.61 Å². The molecule has 26 heavy (non-hydrogen) atoms. The molecule has 2 aromatic rings. The Bertz CT molecular complexity index is 825. The van der Waals surface area contributed by atoms with E-state index in [4.69, 9.17) is 33.2 Å². The van der Waals surface area contributed by atoms with Gasteiger partial charge in [0.1, 0.15) is 6.54 Å². The van der Waals surface area contributed by atoms with Crippen molar-refractivity contribution in [1.82, 2.24) is 0 Å². The van der Waals surface area contributed by atoms with Crippen molar-refractivity contribution in [2.24, 2.45) is 0 Å². The van der Waals surface area contributed by atoms with Crippen LogP contribution in [0.1, 0.15) is 0 Å². The number of benzene rings is 2. The van der Waals surface area contributed by atoms with Crippen LogP contribution in [-0.2, 0) is 14.3 Å². The van der Waals surface area contributed by atoms with Crippen molar-refractivity contribution < 1.29 is 14.3 Å². The van der Waals surface area contributed by atoms with E-state index >= 15 is 0 Å². The lowest BCUT2D eigenvalue weighted by molar-refractivity contribution is -0.145. The minimum absolute atomic E-state index is 0.0169. The topological polar surface area (TPSA) is 70.4 Å². The van der Waals surface area contributed by atoms with E-state index in [2.05, 4.69) is 0 Å². The zero-order valence-corrected chi connectivity index (χ0v) is 15.9. The number of anilines is 1.